The van der Waals surface area contributed by atoms with E-state index in [4.69, 9.17) is 4.74 Å². The summed E-state index contributed by atoms with van der Waals surface area (Å²) in [6.45, 7) is 3.32. The fourth-order valence-electron chi connectivity index (χ4n) is 4.38. The number of ether oxygens (including phenoxy) is 1. The third-order valence-electron chi connectivity index (χ3n) is 6.02. The summed E-state index contributed by atoms with van der Waals surface area (Å²) in [6.07, 6.45) is 3.11. The van der Waals surface area contributed by atoms with Crippen LogP contribution in [-0.2, 0) is 22.6 Å². The lowest BCUT2D eigenvalue weighted by Gasteiger charge is -2.28. The maximum absolute atomic E-state index is 12.8. The largest absolute Gasteiger partial charge is 0.492 e. The third kappa shape index (κ3) is 4.61. The van der Waals surface area contributed by atoms with Crippen LogP contribution in [0.3, 0.4) is 0 Å². The van der Waals surface area contributed by atoms with E-state index in [1.807, 2.05) is 55.5 Å². The Morgan fingerprint density at radius 3 is 2.59 bits per heavy atom. The first kappa shape index (κ1) is 21.9. The van der Waals surface area contributed by atoms with Gasteiger partial charge < -0.3 is 15.0 Å². The number of hydrogen-bond acceptors (Lipinski definition) is 4. The van der Waals surface area contributed by atoms with Gasteiger partial charge in [0.25, 0.3) is 5.91 Å². The quantitative estimate of drug-likeness (QED) is 0.477. The lowest BCUT2D eigenvalue weighted by Crippen LogP contribution is -2.39. The van der Waals surface area contributed by atoms with Crippen LogP contribution in [0.2, 0.25) is 0 Å². The number of anilines is 1. The topological polar surface area (TPSA) is 79.0 Å². The van der Waals surface area contributed by atoms with Crippen molar-refractivity contribution in [1.82, 2.24) is 9.80 Å². The van der Waals surface area contributed by atoms with E-state index in [0.29, 0.717) is 56.8 Å². The summed E-state index contributed by atoms with van der Waals surface area (Å²) in [5, 5.41) is 2.89. The Labute approximate surface area is 188 Å². The zero-order valence-corrected chi connectivity index (χ0v) is 18.4. The second-order valence-electron chi connectivity index (χ2n) is 8.18. The summed E-state index contributed by atoms with van der Waals surface area (Å²) in [5.74, 6) is 0.489. The van der Waals surface area contributed by atoms with E-state index in [1.165, 1.54) is 4.90 Å². The van der Waals surface area contributed by atoms with Crippen molar-refractivity contribution < 1.29 is 19.1 Å². The number of unbranched alkanes of at least 4 members (excludes halogenated alkanes) is 2. The lowest BCUT2D eigenvalue weighted by atomic mass is 9.95. The Bertz CT molecular complexity index is 963. The number of para-hydroxylation sites is 2. The first-order valence-electron chi connectivity index (χ1n) is 11.3. The van der Waals surface area contributed by atoms with Gasteiger partial charge in [-0.15, -0.1) is 0 Å². The summed E-state index contributed by atoms with van der Waals surface area (Å²) in [7, 11) is 0. The molecule has 1 fully saturated rings. The number of benzene rings is 2. The minimum atomic E-state index is -0.381. The molecule has 4 rings (SSSR count). The number of carbonyl (C=O) groups excluding carboxylic acids is 3. The maximum Gasteiger partial charge on any atom is 0.327 e. The van der Waals surface area contributed by atoms with Crippen molar-refractivity contribution in [2.24, 2.45) is 0 Å². The predicted octanol–water partition coefficient (Wildman–Crippen LogP) is 3.97. The Balaban J connectivity index is 1.22. The monoisotopic (exact) mass is 435 g/mol. The summed E-state index contributed by atoms with van der Waals surface area (Å²) >= 11 is 0. The van der Waals surface area contributed by atoms with Crippen molar-refractivity contribution in [3.8, 4) is 5.75 Å². The second-order valence-corrected chi connectivity index (χ2v) is 8.18. The van der Waals surface area contributed by atoms with Crippen LogP contribution in [0, 0.1) is 0 Å². The highest BCUT2D eigenvalue weighted by atomic mass is 16.5. The first-order chi connectivity index (χ1) is 15.6. The normalized spacial score (nSPS) is 17.2. The molecule has 1 atom stereocenters. The molecule has 0 spiro atoms. The first-order valence-corrected chi connectivity index (χ1v) is 11.3. The van der Waals surface area contributed by atoms with Gasteiger partial charge >= 0.3 is 6.03 Å². The summed E-state index contributed by atoms with van der Waals surface area (Å²) in [6, 6.07) is 14.8. The zero-order chi connectivity index (χ0) is 22.5. The number of rotatable bonds is 9. The molecule has 4 amide bonds. The number of amides is 4. The van der Waals surface area contributed by atoms with E-state index in [9.17, 15) is 14.4 Å². The van der Waals surface area contributed by atoms with Gasteiger partial charge in [0.2, 0.25) is 5.91 Å². The molecule has 0 unspecified atom stereocenters. The number of carbonyl (C=O) groups is 3. The van der Waals surface area contributed by atoms with Gasteiger partial charge in [-0.05, 0) is 43.0 Å². The van der Waals surface area contributed by atoms with E-state index in [1.54, 1.807) is 4.90 Å². The highest BCUT2D eigenvalue weighted by Gasteiger charge is 2.46. The Kier molecular flexibility index (Phi) is 6.73. The van der Waals surface area contributed by atoms with E-state index in [0.717, 1.165) is 17.5 Å². The average molecular weight is 436 g/mol. The van der Waals surface area contributed by atoms with E-state index < -0.39 is 0 Å². The van der Waals surface area contributed by atoms with Gasteiger partial charge in [-0.25, -0.2) is 4.79 Å². The van der Waals surface area contributed by atoms with Gasteiger partial charge in [-0.3, -0.25) is 14.5 Å². The van der Waals surface area contributed by atoms with Crippen molar-refractivity contribution in [1.29, 1.82) is 0 Å². The lowest BCUT2D eigenvalue weighted by molar-refractivity contribution is -0.128. The highest BCUT2D eigenvalue weighted by Crippen LogP contribution is 2.30. The molecule has 0 radical (unpaired) electrons. The molecule has 2 heterocycles. The number of nitrogens with zero attached hydrogens (tertiary/aromatic N) is 2. The van der Waals surface area contributed by atoms with Crippen molar-refractivity contribution in [3.05, 3.63) is 59.7 Å². The molecule has 0 aromatic heterocycles. The van der Waals surface area contributed by atoms with Crippen LogP contribution in [0.4, 0.5) is 10.5 Å². The predicted molar refractivity (Wildman–Crippen MR) is 121 cm³/mol. The zero-order valence-electron chi connectivity index (χ0n) is 18.4. The standard InChI is InChI=1S/C25H29N3O4/c1-2-32-22-13-8-7-12-20(22)26-23(29)14-4-3-9-15-27-24(30)21-16-18-10-5-6-11-19(18)17-28(21)25(27)31/h5-8,10-13,21H,2-4,9,14-17H2,1H3,(H,26,29)/t21-/m0/s1. The molecule has 1 saturated heterocycles. The van der Waals surface area contributed by atoms with Crippen molar-refractivity contribution >= 4 is 23.5 Å². The molecular weight excluding hydrogens is 406 g/mol. The van der Waals surface area contributed by atoms with Crippen molar-refractivity contribution in [3.63, 3.8) is 0 Å². The number of nitrogens with one attached hydrogen (secondary N) is 1. The van der Waals surface area contributed by atoms with Crippen LogP contribution in [0.15, 0.2) is 48.5 Å². The fraction of sp³-hybridized carbons (Fsp3) is 0.400. The van der Waals surface area contributed by atoms with E-state index in [-0.39, 0.29) is 23.9 Å². The molecule has 2 aromatic rings. The fourth-order valence-corrected chi connectivity index (χ4v) is 4.38. The van der Waals surface area contributed by atoms with Crippen LogP contribution in [0.1, 0.15) is 43.7 Å². The second kappa shape index (κ2) is 9.85. The molecule has 32 heavy (non-hydrogen) atoms. The molecule has 1 N–H and O–H groups in total. The van der Waals surface area contributed by atoms with E-state index >= 15 is 0 Å². The van der Waals surface area contributed by atoms with Crippen LogP contribution in [0.5, 0.6) is 5.75 Å². The third-order valence-corrected chi connectivity index (χ3v) is 6.02. The minimum Gasteiger partial charge on any atom is -0.492 e. The van der Waals surface area contributed by atoms with Crippen molar-refractivity contribution in [2.45, 2.75) is 51.6 Å². The number of imide groups is 1. The van der Waals surface area contributed by atoms with Gasteiger partial charge in [0.1, 0.15) is 11.8 Å². The Morgan fingerprint density at radius 1 is 1.03 bits per heavy atom. The number of hydrogen-bond donors (Lipinski definition) is 1. The van der Waals surface area contributed by atoms with Crippen LogP contribution >= 0.6 is 0 Å². The van der Waals surface area contributed by atoms with Crippen LogP contribution < -0.4 is 10.1 Å². The van der Waals surface area contributed by atoms with Gasteiger partial charge in [0.05, 0.1) is 12.3 Å². The van der Waals surface area contributed by atoms with Gasteiger partial charge in [0.15, 0.2) is 0 Å². The molecule has 7 heteroatoms. The Morgan fingerprint density at radius 2 is 1.78 bits per heavy atom. The molecule has 7 nitrogen and oxygen atoms in total. The number of urea groups is 1. The van der Waals surface area contributed by atoms with Crippen LogP contribution in [-0.4, -0.2) is 46.8 Å². The summed E-state index contributed by atoms with van der Waals surface area (Å²) in [5.41, 5.74) is 2.93. The molecule has 168 valence electrons. The maximum atomic E-state index is 12.8. The molecule has 2 aliphatic heterocycles. The van der Waals surface area contributed by atoms with Gasteiger partial charge in [-0.2, -0.15) is 0 Å². The highest BCUT2D eigenvalue weighted by molar-refractivity contribution is 6.04. The van der Waals surface area contributed by atoms with Crippen molar-refractivity contribution in [2.75, 3.05) is 18.5 Å². The van der Waals surface area contributed by atoms with Gasteiger partial charge in [0, 0.05) is 25.9 Å². The molecule has 0 bridgehead atoms. The summed E-state index contributed by atoms with van der Waals surface area (Å²) in [4.78, 5) is 40.9. The summed E-state index contributed by atoms with van der Waals surface area (Å²) < 4.78 is 5.53. The SMILES string of the molecule is CCOc1ccccc1NC(=O)CCCCCN1C(=O)[C@@H]2Cc3ccccc3CN2C1=O. The average Bonchev–Trinajstić information content (AvgIpc) is 3.03. The minimum absolute atomic E-state index is 0.0691. The van der Waals surface area contributed by atoms with Crippen LogP contribution in [0.25, 0.3) is 0 Å². The molecule has 2 aliphatic rings. The molecule has 0 saturated carbocycles. The van der Waals surface area contributed by atoms with Gasteiger partial charge in [-0.1, -0.05) is 42.8 Å². The Hall–Kier alpha value is -3.35. The molecular formula is C25H29N3O4. The molecule has 0 aliphatic carbocycles. The molecule has 2 aromatic carbocycles. The van der Waals surface area contributed by atoms with E-state index in [2.05, 4.69) is 5.32 Å². The number of fused-ring (bicyclic) bond motifs is 2. The smallest absolute Gasteiger partial charge is 0.327 e.